The van der Waals surface area contributed by atoms with Crippen LogP contribution in [0.15, 0.2) is 24.5 Å². The van der Waals surface area contributed by atoms with E-state index >= 15 is 0 Å². The Morgan fingerprint density at radius 1 is 1.19 bits per heavy atom. The molecule has 0 saturated carbocycles. The third-order valence-corrected chi connectivity index (χ3v) is 4.28. The fourth-order valence-corrected chi connectivity index (χ4v) is 2.98. The number of amides is 1. The Bertz CT molecular complexity index is 777. The summed E-state index contributed by atoms with van der Waals surface area (Å²) >= 11 is 0. The number of nitrogens with one attached hydrogen (secondary N) is 1. The van der Waals surface area contributed by atoms with E-state index in [2.05, 4.69) is 15.4 Å². The van der Waals surface area contributed by atoms with Crippen molar-refractivity contribution >= 4 is 5.91 Å². The Morgan fingerprint density at radius 2 is 1.88 bits per heavy atom. The average molecular weight is 367 g/mol. The number of piperazine rings is 1. The molecule has 0 atom stereocenters. The second kappa shape index (κ2) is 7.06. The lowest BCUT2D eigenvalue weighted by Crippen LogP contribution is -2.46. The predicted molar refractivity (Wildman–Crippen MR) is 89.2 cm³/mol. The van der Waals surface area contributed by atoms with Crippen LogP contribution >= 0.6 is 0 Å². The van der Waals surface area contributed by atoms with Gasteiger partial charge >= 0.3 is 6.18 Å². The Balaban J connectivity index is 1.96. The number of carbonyl (C=O) groups excluding carboxylic acids is 1. The summed E-state index contributed by atoms with van der Waals surface area (Å²) in [5.74, 6) is 0.0814. The maximum atomic E-state index is 12.8. The van der Waals surface area contributed by atoms with Crippen molar-refractivity contribution in [3.05, 3.63) is 41.3 Å². The van der Waals surface area contributed by atoms with Gasteiger partial charge in [0.25, 0.3) is 5.91 Å². The number of rotatable bonds is 3. The highest BCUT2D eigenvalue weighted by Crippen LogP contribution is 2.29. The zero-order valence-electron chi connectivity index (χ0n) is 14.5. The molecule has 3 heterocycles. The molecule has 0 spiro atoms. The number of hydrogen-bond acceptors (Lipinski definition) is 4. The van der Waals surface area contributed by atoms with Gasteiger partial charge in [0.05, 0.1) is 23.0 Å². The van der Waals surface area contributed by atoms with Gasteiger partial charge in [-0.05, 0) is 18.1 Å². The molecule has 0 aromatic carbocycles. The van der Waals surface area contributed by atoms with Gasteiger partial charge in [-0.25, -0.2) is 9.67 Å². The monoisotopic (exact) mass is 367 g/mol. The van der Waals surface area contributed by atoms with E-state index in [1.165, 1.54) is 16.9 Å². The van der Waals surface area contributed by atoms with Crippen LogP contribution in [0, 0.1) is 0 Å². The number of hydrogen-bond donors (Lipinski definition) is 1. The van der Waals surface area contributed by atoms with Gasteiger partial charge in [0, 0.05) is 32.4 Å². The van der Waals surface area contributed by atoms with E-state index in [9.17, 15) is 18.0 Å². The Labute approximate surface area is 149 Å². The van der Waals surface area contributed by atoms with Crippen LogP contribution in [0.2, 0.25) is 0 Å². The first-order valence-electron chi connectivity index (χ1n) is 8.40. The molecule has 2 aromatic heterocycles. The van der Waals surface area contributed by atoms with Crippen LogP contribution in [0.5, 0.6) is 0 Å². The number of pyridine rings is 1. The second-order valence-electron chi connectivity index (χ2n) is 6.46. The molecule has 140 valence electrons. The summed E-state index contributed by atoms with van der Waals surface area (Å²) < 4.78 is 39.6. The summed E-state index contributed by atoms with van der Waals surface area (Å²) in [5.41, 5.74) is 0.279. The fraction of sp³-hybridized carbons (Fsp3) is 0.471. The van der Waals surface area contributed by atoms with Gasteiger partial charge in [-0.1, -0.05) is 13.8 Å². The van der Waals surface area contributed by atoms with E-state index in [4.69, 9.17) is 0 Å². The molecule has 0 bridgehead atoms. The molecular weight excluding hydrogens is 347 g/mol. The highest BCUT2D eigenvalue weighted by molar-refractivity contribution is 5.95. The summed E-state index contributed by atoms with van der Waals surface area (Å²) in [5, 5.41) is 7.42. The quantitative estimate of drug-likeness (QED) is 0.905. The van der Waals surface area contributed by atoms with E-state index in [0.717, 1.165) is 25.4 Å². The first-order valence-corrected chi connectivity index (χ1v) is 8.40. The topological polar surface area (TPSA) is 63.1 Å². The third kappa shape index (κ3) is 3.57. The first kappa shape index (κ1) is 18.4. The van der Waals surface area contributed by atoms with Crippen LogP contribution in [0.4, 0.5) is 13.2 Å². The van der Waals surface area contributed by atoms with Crippen LogP contribution in [0.3, 0.4) is 0 Å². The van der Waals surface area contributed by atoms with Gasteiger partial charge in [0.2, 0.25) is 0 Å². The number of alkyl halides is 3. The predicted octanol–water partition coefficient (Wildman–Crippen LogP) is 2.45. The summed E-state index contributed by atoms with van der Waals surface area (Å²) in [6.07, 6.45) is -2.20. The lowest BCUT2D eigenvalue weighted by atomic mass is 10.0. The summed E-state index contributed by atoms with van der Waals surface area (Å²) in [6.45, 7) is 6.51. The van der Waals surface area contributed by atoms with Gasteiger partial charge < -0.3 is 10.2 Å². The SMILES string of the molecule is CC(C)c1c(C(=O)N2CCNCC2)cnn1-c1ccc(C(F)(F)F)cn1. The lowest BCUT2D eigenvalue weighted by Gasteiger charge is -2.27. The van der Waals surface area contributed by atoms with Crippen molar-refractivity contribution in [2.75, 3.05) is 26.2 Å². The van der Waals surface area contributed by atoms with Gasteiger partial charge in [0.15, 0.2) is 5.82 Å². The molecule has 3 rings (SSSR count). The minimum atomic E-state index is -4.44. The summed E-state index contributed by atoms with van der Waals surface area (Å²) in [7, 11) is 0. The van der Waals surface area contributed by atoms with Crippen molar-refractivity contribution in [2.45, 2.75) is 25.9 Å². The van der Waals surface area contributed by atoms with Gasteiger partial charge in [-0.2, -0.15) is 18.3 Å². The Kier molecular flexibility index (Phi) is 4.99. The zero-order chi connectivity index (χ0) is 18.9. The normalized spacial score (nSPS) is 15.5. The largest absolute Gasteiger partial charge is 0.417 e. The number of halogens is 3. The molecule has 0 unspecified atom stereocenters. The molecule has 6 nitrogen and oxygen atoms in total. The molecule has 1 aliphatic heterocycles. The first-order chi connectivity index (χ1) is 12.3. The second-order valence-corrected chi connectivity index (χ2v) is 6.46. The standard InChI is InChI=1S/C17H20F3N5O/c1-11(2)15-13(16(26)24-7-5-21-6-8-24)10-23-25(15)14-4-3-12(9-22-14)17(18,19)20/h3-4,9-11,21H,5-8H2,1-2H3. The van der Waals surface area contributed by atoms with Crippen molar-refractivity contribution < 1.29 is 18.0 Å². The number of aromatic nitrogens is 3. The molecule has 0 aliphatic carbocycles. The van der Waals surface area contributed by atoms with Gasteiger partial charge in [0.1, 0.15) is 0 Å². The molecule has 2 aromatic rings. The molecule has 1 saturated heterocycles. The van der Waals surface area contributed by atoms with Gasteiger partial charge in [-0.15, -0.1) is 0 Å². The molecule has 0 radical (unpaired) electrons. The van der Waals surface area contributed by atoms with Crippen molar-refractivity contribution in [1.29, 1.82) is 0 Å². The van der Waals surface area contributed by atoms with Crippen LogP contribution in [-0.4, -0.2) is 51.8 Å². The molecule has 1 aliphatic rings. The van der Waals surface area contributed by atoms with E-state index in [1.54, 1.807) is 4.90 Å². The molecule has 9 heteroatoms. The van der Waals surface area contributed by atoms with Crippen molar-refractivity contribution in [1.82, 2.24) is 25.0 Å². The van der Waals surface area contributed by atoms with E-state index in [-0.39, 0.29) is 17.6 Å². The Hall–Kier alpha value is -2.42. The highest BCUT2D eigenvalue weighted by atomic mass is 19.4. The van der Waals surface area contributed by atoms with E-state index < -0.39 is 11.7 Å². The van der Waals surface area contributed by atoms with Crippen LogP contribution in [0.1, 0.15) is 41.4 Å². The highest BCUT2D eigenvalue weighted by Gasteiger charge is 2.31. The minimum Gasteiger partial charge on any atom is -0.336 e. The van der Waals surface area contributed by atoms with E-state index in [0.29, 0.717) is 24.3 Å². The van der Waals surface area contributed by atoms with Crippen LogP contribution in [0.25, 0.3) is 5.82 Å². The molecular formula is C17H20F3N5O. The Morgan fingerprint density at radius 3 is 2.42 bits per heavy atom. The summed E-state index contributed by atoms with van der Waals surface area (Å²) in [6, 6.07) is 2.23. The van der Waals surface area contributed by atoms with Gasteiger partial charge in [-0.3, -0.25) is 4.79 Å². The lowest BCUT2D eigenvalue weighted by molar-refractivity contribution is -0.137. The fourth-order valence-electron chi connectivity index (χ4n) is 2.98. The minimum absolute atomic E-state index is 0.0524. The third-order valence-electron chi connectivity index (χ3n) is 4.28. The van der Waals surface area contributed by atoms with Crippen molar-refractivity contribution in [3.8, 4) is 5.82 Å². The molecule has 1 fully saturated rings. The maximum absolute atomic E-state index is 12.8. The average Bonchev–Trinajstić information content (AvgIpc) is 3.06. The molecule has 26 heavy (non-hydrogen) atoms. The van der Waals surface area contributed by atoms with Crippen molar-refractivity contribution in [2.24, 2.45) is 0 Å². The molecule has 1 amide bonds. The number of carbonyl (C=O) groups is 1. The van der Waals surface area contributed by atoms with E-state index in [1.807, 2.05) is 13.8 Å². The number of nitrogens with zero attached hydrogens (tertiary/aromatic N) is 4. The maximum Gasteiger partial charge on any atom is 0.417 e. The van der Waals surface area contributed by atoms with Crippen molar-refractivity contribution in [3.63, 3.8) is 0 Å². The summed E-state index contributed by atoms with van der Waals surface area (Å²) in [4.78, 5) is 18.5. The van der Waals surface area contributed by atoms with Crippen LogP contribution in [-0.2, 0) is 6.18 Å². The van der Waals surface area contributed by atoms with Crippen LogP contribution < -0.4 is 5.32 Å². The smallest absolute Gasteiger partial charge is 0.336 e. The molecule has 1 N–H and O–H groups in total. The zero-order valence-corrected chi connectivity index (χ0v) is 14.5.